The van der Waals surface area contributed by atoms with Crippen LogP contribution in [0.4, 0.5) is 0 Å². The first-order chi connectivity index (χ1) is 4.88. The highest BCUT2D eigenvalue weighted by Crippen LogP contribution is 2.20. The quantitative estimate of drug-likeness (QED) is 0.507. The molecule has 0 unspecified atom stereocenters. The molecule has 0 radical (unpaired) electrons. The van der Waals surface area contributed by atoms with Gasteiger partial charge >= 0.3 is 0 Å². The third kappa shape index (κ3) is 1.27. The van der Waals surface area contributed by atoms with Crippen molar-refractivity contribution < 1.29 is 0 Å². The first kappa shape index (κ1) is 7.07. The molecule has 0 saturated carbocycles. The van der Waals surface area contributed by atoms with Crippen molar-refractivity contribution in [2.75, 3.05) is 0 Å². The van der Waals surface area contributed by atoms with E-state index in [0.717, 1.165) is 12.8 Å². The molecule has 0 aromatic carbocycles. The zero-order chi connectivity index (χ0) is 7.40. The third-order valence-corrected chi connectivity index (χ3v) is 1.75. The maximum Gasteiger partial charge on any atom is -0.00947 e. The molecule has 0 saturated heterocycles. The number of hydrogen-bond acceptors (Lipinski definition) is 0. The standard InChI is InChI=1S/C10H12/c1-3-9-7-5-6-8-10(9)4-2/h3-6H,1-2,7-8H2. The largest absolute Gasteiger partial charge is 0.0988 e. The van der Waals surface area contributed by atoms with Gasteiger partial charge in [-0.3, -0.25) is 0 Å². The van der Waals surface area contributed by atoms with Crippen LogP contribution in [0.1, 0.15) is 12.8 Å². The minimum absolute atomic E-state index is 1.02. The lowest BCUT2D eigenvalue weighted by Gasteiger charge is -2.08. The molecule has 1 aliphatic carbocycles. The Balaban J connectivity index is 2.85. The molecule has 0 amide bonds. The minimum Gasteiger partial charge on any atom is -0.0988 e. The Hall–Kier alpha value is -1.04. The van der Waals surface area contributed by atoms with Crippen molar-refractivity contribution in [1.29, 1.82) is 0 Å². The summed E-state index contributed by atoms with van der Waals surface area (Å²) in [6.45, 7) is 7.49. The first-order valence-corrected chi connectivity index (χ1v) is 3.50. The van der Waals surface area contributed by atoms with Crippen molar-refractivity contribution >= 4 is 0 Å². The van der Waals surface area contributed by atoms with Gasteiger partial charge in [0.2, 0.25) is 0 Å². The average Bonchev–Trinajstić information content (AvgIpc) is 2.04. The zero-order valence-electron chi connectivity index (χ0n) is 6.14. The van der Waals surface area contributed by atoms with E-state index >= 15 is 0 Å². The van der Waals surface area contributed by atoms with Crippen molar-refractivity contribution in [1.82, 2.24) is 0 Å². The molecular formula is C10H12. The maximum absolute atomic E-state index is 3.74. The van der Waals surface area contributed by atoms with Crippen LogP contribution in [0.3, 0.4) is 0 Å². The molecule has 0 fully saturated rings. The first-order valence-electron chi connectivity index (χ1n) is 3.50. The molecule has 0 atom stereocenters. The van der Waals surface area contributed by atoms with E-state index in [1.165, 1.54) is 11.1 Å². The monoisotopic (exact) mass is 132 g/mol. The van der Waals surface area contributed by atoms with Crippen LogP contribution in [-0.2, 0) is 0 Å². The summed E-state index contributed by atoms with van der Waals surface area (Å²) in [5.74, 6) is 0. The molecular weight excluding hydrogens is 120 g/mol. The van der Waals surface area contributed by atoms with Crippen molar-refractivity contribution in [3.05, 3.63) is 48.6 Å². The fraction of sp³-hybridized carbons (Fsp3) is 0.200. The lowest BCUT2D eigenvalue weighted by molar-refractivity contribution is 1.11. The van der Waals surface area contributed by atoms with Gasteiger partial charge in [0, 0.05) is 0 Å². The van der Waals surface area contributed by atoms with E-state index in [0.29, 0.717) is 0 Å². The SMILES string of the molecule is C=CC1=C(C=C)CC=CC1. The van der Waals surface area contributed by atoms with Crippen LogP contribution in [0.2, 0.25) is 0 Å². The summed E-state index contributed by atoms with van der Waals surface area (Å²) >= 11 is 0. The van der Waals surface area contributed by atoms with E-state index < -0.39 is 0 Å². The normalized spacial score (nSPS) is 17.2. The van der Waals surface area contributed by atoms with Gasteiger partial charge in [0.15, 0.2) is 0 Å². The Morgan fingerprint density at radius 3 is 1.70 bits per heavy atom. The second kappa shape index (κ2) is 3.21. The molecule has 52 valence electrons. The van der Waals surface area contributed by atoms with Crippen molar-refractivity contribution in [2.45, 2.75) is 12.8 Å². The van der Waals surface area contributed by atoms with E-state index in [2.05, 4.69) is 25.3 Å². The summed E-state index contributed by atoms with van der Waals surface area (Å²) in [7, 11) is 0. The van der Waals surface area contributed by atoms with Gasteiger partial charge in [-0.1, -0.05) is 37.5 Å². The van der Waals surface area contributed by atoms with Gasteiger partial charge in [0.05, 0.1) is 0 Å². The van der Waals surface area contributed by atoms with E-state index in [9.17, 15) is 0 Å². The molecule has 0 nitrogen and oxygen atoms in total. The second-order valence-corrected chi connectivity index (χ2v) is 2.34. The molecule has 0 bridgehead atoms. The molecule has 0 aromatic heterocycles. The molecule has 0 aliphatic heterocycles. The van der Waals surface area contributed by atoms with Crippen LogP contribution >= 0.6 is 0 Å². The van der Waals surface area contributed by atoms with E-state index in [1.807, 2.05) is 12.2 Å². The fourth-order valence-electron chi connectivity index (χ4n) is 1.11. The minimum atomic E-state index is 1.02. The van der Waals surface area contributed by atoms with Gasteiger partial charge < -0.3 is 0 Å². The van der Waals surface area contributed by atoms with Crippen LogP contribution in [-0.4, -0.2) is 0 Å². The second-order valence-electron chi connectivity index (χ2n) is 2.34. The van der Waals surface area contributed by atoms with Crippen molar-refractivity contribution in [2.24, 2.45) is 0 Å². The maximum atomic E-state index is 3.74. The summed E-state index contributed by atoms with van der Waals surface area (Å²) in [6, 6.07) is 0. The van der Waals surface area contributed by atoms with Crippen LogP contribution in [0.25, 0.3) is 0 Å². The summed E-state index contributed by atoms with van der Waals surface area (Å²) in [4.78, 5) is 0. The Morgan fingerprint density at radius 1 is 1.00 bits per heavy atom. The van der Waals surface area contributed by atoms with Crippen LogP contribution in [0.15, 0.2) is 48.6 Å². The third-order valence-electron chi connectivity index (χ3n) is 1.75. The smallest absolute Gasteiger partial charge is 0.00947 e. The summed E-state index contributed by atoms with van der Waals surface area (Å²) < 4.78 is 0. The molecule has 1 rings (SSSR count). The Labute approximate surface area is 62.3 Å². The van der Waals surface area contributed by atoms with Gasteiger partial charge in [-0.2, -0.15) is 0 Å². The molecule has 0 aromatic rings. The summed E-state index contributed by atoms with van der Waals surface area (Å²) in [6.07, 6.45) is 10.2. The predicted molar refractivity (Wildman–Crippen MR) is 45.8 cm³/mol. The highest BCUT2D eigenvalue weighted by molar-refractivity contribution is 5.36. The van der Waals surface area contributed by atoms with Gasteiger partial charge in [0.25, 0.3) is 0 Å². The number of allylic oxidation sites excluding steroid dienone is 6. The number of hydrogen-bond donors (Lipinski definition) is 0. The van der Waals surface area contributed by atoms with Crippen molar-refractivity contribution in [3.63, 3.8) is 0 Å². The predicted octanol–water partition coefficient (Wildman–Crippen LogP) is 3.01. The Bertz CT molecular complexity index is 182. The topological polar surface area (TPSA) is 0 Å². The molecule has 1 aliphatic rings. The fourth-order valence-corrected chi connectivity index (χ4v) is 1.11. The van der Waals surface area contributed by atoms with Crippen molar-refractivity contribution in [3.8, 4) is 0 Å². The summed E-state index contributed by atoms with van der Waals surface area (Å²) in [5, 5.41) is 0. The van der Waals surface area contributed by atoms with Crippen LogP contribution in [0, 0.1) is 0 Å². The zero-order valence-corrected chi connectivity index (χ0v) is 6.14. The van der Waals surface area contributed by atoms with Crippen LogP contribution < -0.4 is 0 Å². The molecule has 0 N–H and O–H groups in total. The van der Waals surface area contributed by atoms with Gasteiger partial charge in [0.1, 0.15) is 0 Å². The van der Waals surface area contributed by atoms with Gasteiger partial charge in [-0.15, -0.1) is 0 Å². The lowest BCUT2D eigenvalue weighted by Crippen LogP contribution is -1.89. The molecule has 0 heteroatoms. The van der Waals surface area contributed by atoms with E-state index in [1.54, 1.807) is 0 Å². The van der Waals surface area contributed by atoms with Gasteiger partial charge in [-0.05, 0) is 24.0 Å². The van der Waals surface area contributed by atoms with Crippen LogP contribution in [0.5, 0.6) is 0 Å². The highest BCUT2D eigenvalue weighted by atomic mass is 14.1. The number of rotatable bonds is 2. The van der Waals surface area contributed by atoms with Gasteiger partial charge in [-0.25, -0.2) is 0 Å². The highest BCUT2D eigenvalue weighted by Gasteiger charge is 2.00. The molecule has 0 heterocycles. The summed E-state index contributed by atoms with van der Waals surface area (Å²) in [5.41, 5.74) is 2.63. The Kier molecular flexibility index (Phi) is 2.27. The van der Waals surface area contributed by atoms with E-state index in [-0.39, 0.29) is 0 Å². The molecule has 10 heavy (non-hydrogen) atoms. The lowest BCUT2D eigenvalue weighted by atomic mass is 9.97. The molecule has 0 spiro atoms. The average molecular weight is 132 g/mol. The Morgan fingerprint density at radius 2 is 1.40 bits per heavy atom. The van der Waals surface area contributed by atoms with E-state index in [4.69, 9.17) is 0 Å².